The van der Waals surface area contributed by atoms with Crippen molar-refractivity contribution in [2.45, 2.75) is 18.0 Å². The predicted molar refractivity (Wildman–Crippen MR) is 115 cm³/mol. The maximum atomic E-state index is 13.3. The molecule has 0 atom stereocenters. The maximum Gasteiger partial charge on any atom is 0.338 e. The van der Waals surface area contributed by atoms with Crippen LogP contribution in [0.5, 0.6) is 0 Å². The Morgan fingerprint density at radius 3 is 2.42 bits per heavy atom. The Morgan fingerprint density at radius 2 is 1.71 bits per heavy atom. The number of nitrogens with zero attached hydrogens (tertiary/aromatic N) is 3. The van der Waals surface area contributed by atoms with E-state index in [0.29, 0.717) is 5.56 Å². The molecule has 1 aliphatic rings. The van der Waals surface area contributed by atoms with Crippen molar-refractivity contribution >= 4 is 27.6 Å². The number of anilines is 1. The Kier molecular flexibility index (Phi) is 5.43. The van der Waals surface area contributed by atoms with Crippen LogP contribution in [0.15, 0.2) is 78.0 Å². The number of aromatic nitrogens is 1. The lowest BCUT2D eigenvalue weighted by Gasteiger charge is -2.34. The van der Waals surface area contributed by atoms with E-state index in [1.165, 1.54) is 30.1 Å². The number of sulfonamides is 1. The number of fused-ring (bicyclic) bond motifs is 1. The highest BCUT2D eigenvalue weighted by molar-refractivity contribution is 7.90. The van der Waals surface area contributed by atoms with Crippen LogP contribution >= 0.6 is 0 Å². The first-order valence-corrected chi connectivity index (χ1v) is 11.0. The molecule has 2 aromatic carbocycles. The lowest BCUT2D eigenvalue weighted by atomic mass is 10.1. The summed E-state index contributed by atoms with van der Waals surface area (Å²) in [7, 11) is -2.62. The van der Waals surface area contributed by atoms with Crippen molar-refractivity contribution in [2.24, 2.45) is 0 Å². The van der Waals surface area contributed by atoms with Gasteiger partial charge in [0.1, 0.15) is 4.90 Å². The number of hydrogen-bond donors (Lipinski definition) is 1. The molecule has 0 radical (unpaired) electrons. The average Bonchev–Trinajstić information content (AvgIpc) is 2.80. The fourth-order valence-electron chi connectivity index (χ4n) is 3.32. The Morgan fingerprint density at radius 1 is 1.00 bits per heavy atom. The van der Waals surface area contributed by atoms with Crippen molar-refractivity contribution in [3.05, 3.63) is 89.7 Å². The number of amides is 3. The van der Waals surface area contributed by atoms with E-state index in [0.717, 1.165) is 9.87 Å². The van der Waals surface area contributed by atoms with Crippen molar-refractivity contribution < 1.29 is 18.0 Å². The summed E-state index contributed by atoms with van der Waals surface area (Å²) in [6.45, 7) is 0.188. The Labute approximate surface area is 180 Å². The minimum Gasteiger partial charge on any atom is -0.348 e. The Bertz CT molecular complexity index is 1230. The smallest absolute Gasteiger partial charge is 0.338 e. The van der Waals surface area contributed by atoms with Gasteiger partial charge in [-0.2, -0.15) is 0 Å². The molecule has 0 bridgehead atoms. The highest BCUT2D eigenvalue weighted by atomic mass is 32.2. The molecular formula is C22H20N4O4S. The maximum absolute atomic E-state index is 13.3. The number of benzene rings is 2. The second-order valence-electron chi connectivity index (χ2n) is 7.06. The van der Waals surface area contributed by atoms with Crippen molar-refractivity contribution in [3.8, 4) is 0 Å². The molecule has 4 rings (SSSR count). The van der Waals surface area contributed by atoms with Crippen molar-refractivity contribution in [1.29, 1.82) is 0 Å². The van der Waals surface area contributed by atoms with Crippen LogP contribution in [-0.4, -0.2) is 36.7 Å². The van der Waals surface area contributed by atoms with Gasteiger partial charge in [0.2, 0.25) is 0 Å². The minimum absolute atomic E-state index is 0.0814. The van der Waals surface area contributed by atoms with Crippen LogP contribution in [0.25, 0.3) is 0 Å². The standard InChI is InChI=1S/C22H20N4O4S/c1-25-19-8-7-18(21(27)24-14-16-9-11-23-12-10-16)13-20(19)31(29,30)26(22(25)28)15-17-5-3-2-4-6-17/h2-13H,14-15H2,1H3,(H,24,27). The summed E-state index contributed by atoms with van der Waals surface area (Å²) in [5.74, 6) is -0.413. The largest absolute Gasteiger partial charge is 0.348 e. The van der Waals surface area contributed by atoms with Gasteiger partial charge in [-0.15, -0.1) is 0 Å². The molecule has 0 fully saturated rings. The predicted octanol–water partition coefficient (Wildman–Crippen LogP) is 2.77. The SMILES string of the molecule is CN1C(=O)N(Cc2ccccc2)S(=O)(=O)c2cc(C(=O)NCc3ccncc3)ccc21. The van der Waals surface area contributed by atoms with E-state index in [-0.39, 0.29) is 29.2 Å². The fraction of sp³-hybridized carbons (Fsp3) is 0.136. The molecule has 1 aromatic heterocycles. The monoisotopic (exact) mass is 436 g/mol. The van der Waals surface area contributed by atoms with Crippen LogP contribution in [0, 0.1) is 0 Å². The average molecular weight is 436 g/mol. The van der Waals surface area contributed by atoms with Gasteiger partial charge in [-0.1, -0.05) is 30.3 Å². The number of urea groups is 1. The van der Waals surface area contributed by atoms with E-state index in [9.17, 15) is 18.0 Å². The molecule has 1 N–H and O–H groups in total. The molecule has 31 heavy (non-hydrogen) atoms. The normalized spacial score (nSPS) is 14.8. The van der Waals surface area contributed by atoms with Gasteiger partial charge >= 0.3 is 6.03 Å². The first-order chi connectivity index (χ1) is 14.9. The Hall–Kier alpha value is -3.72. The zero-order valence-corrected chi connectivity index (χ0v) is 17.5. The van der Waals surface area contributed by atoms with Gasteiger partial charge in [-0.25, -0.2) is 17.5 Å². The molecule has 0 unspecified atom stereocenters. The first kappa shape index (κ1) is 20.5. The summed E-state index contributed by atoms with van der Waals surface area (Å²) < 4.78 is 27.3. The highest BCUT2D eigenvalue weighted by Gasteiger charge is 2.40. The van der Waals surface area contributed by atoms with Gasteiger partial charge in [0, 0.05) is 31.5 Å². The topological polar surface area (TPSA) is 99.7 Å². The third kappa shape index (κ3) is 3.99. The van der Waals surface area contributed by atoms with Crippen molar-refractivity contribution in [2.75, 3.05) is 11.9 Å². The van der Waals surface area contributed by atoms with Gasteiger partial charge in [-0.3, -0.25) is 14.7 Å². The van der Waals surface area contributed by atoms with Gasteiger partial charge < -0.3 is 5.32 Å². The second kappa shape index (κ2) is 8.19. The van der Waals surface area contributed by atoms with Crippen LogP contribution < -0.4 is 10.2 Å². The van der Waals surface area contributed by atoms with Crippen LogP contribution in [0.2, 0.25) is 0 Å². The number of nitrogens with one attached hydrogen (secondary N) is 1. The molecule has 0 saturated carbocycles. The molecule has 2 heterocycles. The zero-order valence-electron chi connectivity index (χ0n) is 16.7. The lowest BCUT2D eigenvalue weighted by molar-refractivity contribution is 0.0950. The van der Waals surface area contributed by atoms with E-state index in [1.54, 1.807) is 48.8 Å². The molecular weight excluding hydrogens is 416 g/mol. The zero-order chi connectivity index (χ0) is 22.0. The molecule has 1 aliphatic heterocycles. The minimum atomic E-state index is -4.13. The van der Waals surface area contributed by atoms with Crippen LogP contribution in [0.4, 0.5) is 10.5 Å². The third-order valence-electron chi connectivity index (χ3n) is 5.02. The second-order valence-corrected chi connectivity index (χ2v) is 8.89. The summed E-state index contributed by atoms with van der Waals surface area (Å²) in [6.07, 6.45) is 3.25. The van der Waals surface area contributed by atoms with Gasteiger partial charge in [0.15, 0.2) is 0 Å². The van der Waals surface area contributed by atoms with E-state index in [1.807, 2.05) is 6.07 Å². The van der Waals surface area contributed by atoms with Gasteiger partial charge in [0.25, 0.3) is 15.9 Å². The van der Waals surface area contributed by atoms with Crippen molar-refractivity contribution in [1.82, 2.24) is 14.6 Å². The van der Waals surface area contributed by atoms with E-state index >= 15 is 0 Å². The number of carbonyl (C=O) groups is 2. The summed E-state index contributed by atoms with van der Waals surface area (Å²) in [5.41, 5.74) is 1.98. The number of rotatable bonds is 5. The van der Waals surface area contributed by atoms with Crippen LogP contribution in [0.1, 0.15) is 21.5 Å². The van der Waals surface area contributed by atoms with E-state index < -0.39 is 22.0 Å². The van der Waals surface area contributed by atoms with Crippen LogP contribution in [-0.2, 0) is 23.1 Å². The van der Waals surface area contributed by atoms with E-state index in [2.05, 4.69) is 10.3 Å². The number of pyridine rings is 1. The summed E-state index contributed by atoms with van der Waals surface area (Å²) >= 11 is 0. The number of carbonyl (C=O) groups excluding carboxylic acids is 2. The van der Waals surface area contributed by atoms with Crippen molar-refractivity contribution in [3.63, 3.8) is 0 Å². The molecule has 8 nitrogen and oxygen atoms in total. The van der Waals surface area contributed by atoms with Gasteiger partial charge in [0.05, 0.1) is 12.2 Å². The molecule has 3 amide bonds. The summed E-state index contributed by atoms with van der Waals surface area (Å²) in [5, 5.41) is 2.76. The molecule has 158 valence electrons. The van der Waals surface area contributed by atoms with Gasteiger partial charge in [-0.05, 0) is 41.5 Å². The van der Waals surface area contributed by atoms with Crippen LogP contribution in [0.3, 0.4) is 0 Å². The van der Waals surface area contributed by atoms with E-state index in [4.69, 9.17) is 0 Å². The first-order valence-electron chi connectivity index (χ1n) is 9.53. The molecule has 0 spiro atoms. The highest BCUT2D eigenvalue weighted by Crippen LogP contribution is 2.35. The molecule has 3 aromatic rings. The lowest BCUT2D eigenvalue weighted by Crippen LogP contribution is -2.48. The Balaban J connectivity index is 1.63. The quantitative estimate of drug-likeness (QED) is 0.663. The molecule has 0 saturated heterocycles. The molecule has 9 heteroatoms. The number of hydrogen-bond acceptors (Lipinski definition) is 5. The fourth-order valence-corrected chi connectivity index (χ4v) is 4.95. The summed E-state index contributed by atoms with van der Waals surface area (Å²) in [4.78, 5) is 30.5. The summed E-state index contributed by atoms with van der Waals surface area (Å²) in [6, 6.07) is 16.1. The molecule has 0 aliphatic carbocycles. The third-order valence-corrected chi connectivity index (χ3v) is 6.77.